The lowest BCUT2D eigenvalue weighted by atomic mass is 10.1. The zero-order valence-corrected chi connectivity index (χ0v) is 16.0. The van der Waals surface area contributed by atoms with Crippen molar-refractivity contribution in [2.45, 2.75) is 6.42 Å². The van der Waals surface area contributed by atoms with Gasteiger partial charge in [0.2, 0.25) is 0 Å². The summed E-state index contributed by atoms with van der Waals surface area (Å²) in [6, 6.07) is 9.02. The second-order valence-corrected chi connectivity index (χ2v) is 6.50. The molecule has 0 unspecified atom stereocenters. The van der Waals surface area contributed by atoms with Gasteiger partial charge in [-0.05, 0) is 48.4 Å². The van der Waals surface area contributed by atoms with Crippen molar-refractivity contribution >= 4 is 41.0 Å². The number of methoxy groups -OCH3 is 1. The van der Waals surface area contributed by atoms with Crippen molar-refractivity contribution < 1.29 is 9.47 Å². The molecule has 0 radical (unpaired) electrons. The van der Waals surface area contributed by atoms with E-state index in [4.69, 9.17) is 49.7 Å². The van der Waals surface area contributed by atoms with Crippen LogP contribution in [0.25, 0.3) is 0 Å². The van der Waals surface area contributed by atoms with Crippen molar-refractivity contribution in [1.82, 2.24) is 5.32 Å². The van der Waals surface area contributed by atoms with Crippen LogP contribution in [0.4, 0.5) is 0 Å². The van der Waals surface area contributed by atoms with E-state index in [2.05, 4.69) is 5.32 Å². The van der Waals surface area contributed by atoms with Gasteiger partial charge in [0.15, 0.2) is 11.5 Å². The Kier molecular flexibility index (Phi) is 7.85. The van der Waals surface area contributed by atoms with Gasteiger partial charge in [0.1, 0.15) is 6.61 Å². The molecule has 25 heavy (non-hydrogen) atoms. The van der Waals surface area contributed by atoms with Gasteiger partial charge in [-0.2, -0.15) is 0 Å². The quantitative estimate of drug-likeness (QED) is 0.466. The minimum atomic E-state index is 0.425. The SMILES string of the molecule is COc1cc(C=N)cc(Cl)c1OCCNCCc1ccc(Cl)c(Cl)c1. The average Bonchev–Trinajstić information content (AvgIpc) is 2.61. The van der Waals surface area contributed by atoms with E-state index in [9.17, 15) is 0 Å². The van der Waals surface area contributed by atoms with Gasteiger partial charge in [0, 0.05) is 12.8 Å². The molecule has 0 atom stereocenters. The van der Waals surface area contributed by atoms with Crippen molar-refractivity contribution in [1.29, 1.82) is 5.41 Å². The summed E-state index contributed by atoms with van der Waals surface area (Å²) in [5.74, 6) is 1.00. The van der Waals surface area contributed by atoms with Gasteiger partial charge < -0.3 is 20.2 Å². The van der Waals surface area contributed by atoms with E-state index in [1.807, 2.05) is 12.1 Å². The second-order valence-electron chi connectivity index (χ2n) is 5.28. The largest absolute Gasteiger partial charge is 0.493 e. The first-order valence-electron chi connectivity index (χ1n) is 7.70. The van der Waals surface area contributed by atoms with Crippen molar-refractivity contribution in [2.24, 2.45) is 0 Å². The van der Waals surface area contributed by atoms with Crippen LogP contribution in [-0.2, 0) is 6.42 Å². The molecular formula is C18H19Cl3N2O2. The molecule has 2 rings (SSSR count). The summed E-state index contributed by atoms with van der Waals surface area (Å²) in [5, 5.41) is 12.1. The Morgan fingerprint density at radius 3 is 2.52 bits per heavy atom. The molecule has 0 fully saturated rings. The molecule has 134 valence electrons. The average molecular weight is 402 g/mol. The first kappa shape index (κ1) is 19.9. The van der Waals surface area contributed by atoms with Crippen LogP contribution in [0, 0.1) is 5.41 Å². The molecule has 0 saturated heterocycles. The van der Waals surface area contributed by atoms with E-state index in [-0.39, 0.29) is 0 Å². The highest BCUT2D eigenvalue weighted by Crippen LogP contribution is 2.35. The van der Waals surface area contributed by atoms with E-state index in [1.54, 1.807) is 25.3 Å². The Morgan fingerprint density at radius 1 is 1.04 bits per heavy atom. The molecule has 7 heteroatoms. The van der Waals surface area contributed by atoms with Crippen LogP contribution >= 0.6 is 34.8 Å². The smallest absolute Gasteiger partial charge is 0.179 e. The molecule has 0 saturated carbocycles. The lowest BCUT2D eigenvalue weighted by molar-refractivity contribution is 0.293. The van der Waals surface area contributed by atoms with Gasteiger partial charge in [0.25, 0.3) is 0 Å². The summed E-state index contributed by atoms with van der Waals surface area (Å²) in [7, 11) is 1.54. The topological polar surface area (TPSA) is 54.3 Å². The molecule has 0 bridgehead atoms. The van der Waals surface area contributed by atoms with E-state index in [0.29, 0.717) is 45.3 Å². The summed E-state index contributed by atoms with van der Waals surface area (Å²) in [6.07, 6.45) is 2.05. The van der Waals surface area contributed by atoms with Gasteiger partial charge in [-0.15, -0.1) is 0 Å². The van der Waals surface area contributed by atoms with Gasteiger partial charge in [-0.3, -0.25) is 0 Å². The number of nitrogens with one attached hydrogen (secondary N) is 2. The molecule has 4 nitrogen and oxygen atoms in total. The number of rotatable bonds is 9. The van der Waals surface area contributed by atoms with Gasteiger partial charge in [0.05, 0.1) is 22.2 Å². The number of ether oxygens (including phenoxy) is 2. The van der Waals surface area contributed by atoms with E-state index in [0.717, 1.165) is 18.5 Å². The number of benzene rings is 2. The zero-order chi connectivity index (χ0) is 18.2. The lowest BCUT2D eigenvalue weighted by Gasteiger charge is -2.13. The summed E-state index contributed by atoms with van der Waals surface area (Å²) in [4.78, 5) is 0. The maximum atomic E-state index is 7.29. The van der Waals surface area contributed by atoms with Crippen LogP contribution in [-0.4, -0.2) is 33.0 Å². The molecule has 0 aliphatic rings. The molecule has 0 aromatic heterocycles. The number of halogens is 3. The van der Waals surface area contributed by atoms with Crippen molar-refractivity contribution in [3.05, 3.63) is 56.5 Å². The molecule has 0 heterocycles. The van der Waals surface area contributed by atoms with E-state index >= 15 is 0 Å². The third-order valence-corrected chi connectivity index (χ3v) is 4.54. The Hall–Kier alpha value is -1.46. The first-order chi connectivity index (χ1) is 12.0. The highest BCUT2D eigenvalue weighted by molar-refractivity contribution is 6.42. The van der Waals surface area contributed by atoms with Crippen LogP contribution in [0.1, 0.15) is 11.1 Å². The van der Waals surface area contributed by atoms with Gasteiger partial charge in [-0.25, -0.2) is 0 Å². The minimum absolute atomic E-state index is 0.425. The maximum absolute atomic E-state index is 7.29. The summed E-state index contributed by atoms with van der Waals surface area (Å²) < 4.78 is 11.0. The maximum Gasteiger partial charge on any atom is 0.179 e. The zero-order valence-electron chi connectivity index (χ0n) is 13.7. The molecule has 0 aliphatic carbocycles. The van der Waals surface area contributed by atoms with E-state index < -0.39 is 0 Å². The minimum Gasteiger partial charge on any atom is -0.493 e. The highest BCUT2D eigenvalue weighted by atomic mass is 35.5. The predicted octanol–water partition coefficient (Wildman–Crippen LogP) is 4.86. The standard InChI is InChI=1S/C18H19Cl3N2O2/c1-24-17-10-13(11-22)9-16(21)18(17)25-7-6-23-5-4-12-2-3-14(19)15(20)8-12/h2-3,8-11,22-23H,4-7H2,1H3. The Bertz CT molecular complexity index is 739. The van der Waals surface area contributed by atoms with E-state index in [1.165, 1.54) is 6.21 Å². The second kappa shape index (κ2) is 9.88. The fourth-order valence-electron chi connectivity index (χ4n) is 2.24. The van der Waals surface area contributed by atoms with Gasteiger partial charge >= 0.3 is 0 Å². The summed E-state index contributed by atoms with van der Waals surface area (Å²) in [6.45, 7) is 1.90. The lowest BCUT2D eigenvalue weighted by Crippen LogP contribution is -2.23. The van der Waals surface area contributed by atoms with Crippen LogP contribution in [0.15, 0.2) is 30.3 Å². The summed E-state index contributed by atoms with van der Waals surface area (Å²) in [5.41, 5.74) is 1.78. The molecule has 0 amide bonds. The fraction of sp³-hybridized carbons (Fsp3) is 0.278. The third-order valence-electron chi connectivity index (χ3n) is 3.52. The highest BCUT2D eigenvalue weighted by Gasteiger charge is 2.11. The van der Waals surface area contributed by atoms with Crippen molar-refractivity contribution in [2.75, 3.05) is 26.8 Å². The van der Waals surface area contributed by atoms with Crippen LogP contribution in [0.3, 0.4) is 0 Å². The predicted molar refractivity (Wildman–Crippen MR) is 104 cm³/mol. The Labute approximate surface area is 162 Å². The molecule has 0 aliphatic heterocycles. The van der Waals surface area contributed by atoms with Crippen molar-refractivity contribution in [3.8, 4) is 11.5 Å². The Balaban J connectivity index is 1.77. The molecule has 2 aromatic carbocycles. The van der Waals surface area contributed by atoms with Crippen LogP contribution < -0.4 is 14.8 Å². The third kappa shape index (κ3) is 5.79. The Morgan fingerprint density at radius 2 is 1.84 bits per heavy atom. The van der Waals surface area contributed by atoms with Gasteiger partial charge in [-0.1, -0.05) is 40.9 Å². The molecular weight excluding hydrogens is 383 g/mol. The van der Waals surface area contributed by atoms with Crippen LogP contribution in [0.5, 0.6) is 11.5 Å². The number of hydrogen-bond acceptors (Lipinski definition) is 4. The van der Waals surface area contributed by atoms with Crippen LogP contribution in [0.2, 0.25) is 15.1 Å². The summed E-state index contributed by atoms with van der Waals surface area (Å²) >= 11 is 18.1. The fourth-order valence-corrected chi connectivity index (χ4v) is 2.84. The van der Waals surface area contributed by atoms with Crippen molar-refractivity contribution in [3.63, 3.8) is 0 Å². The first-order valence-corrected chi connectivity index (χ1v) is 8.84. The monoisotopic (exact) mass is 400 g/mol. The number of hydrogen-bond donors (Lipinski definition) is 2. The molecule has 2 aromatic rings. The normalized spacial score (nSPS) is 10.6. The molecule has 0 spiro atoms. The molecule has 2 N–H and O–H groups in total.